The molecule has 1 aliphatic carbocycles. The molecule has 2 aromatic rings. The fourth-order valence-electron chi connectivity index (χ4n) is 5.84. The van der Waals surface area contributed by atoms with E-state index in [9.17, 15) is 5.11 Å². The molecule has 31 heavy (non-hydrogen) atoms. The SMILES string of the molecule is COc1ccc(C(O)C2(C3=NC(C)(C)CO3)N(c3ccccc3)C23CCCCC3)cc1. The molecule has 1 saturated carbocycles. The summed E-state index contributed by atoms with van der Waals surface area (Å²) in [6.07, 6.45) is 4.83. The molecule has 2 heterocycles. The van der Waals surface area contributed by atoms with E-state index in [4.69, 9.17) is 14.5 Å². The van der Waals surface area contributed by atoms with Gasteiger partial charge in [-0.2, -0.15) is 0 Å². The van der Waals surface area contributed by atoms with Gasteiger partial charge in [0.05, 0.1) is 18.2 Å². The van der Waals surface area contributed by atoms with Crippen molar-refractivity contribution in [2.75, 3.05) is 18.6 Å². The molecule has 3 aliphatic rings. The monoisotopic (exact) mass is 420 g/mol. The number of benzene rings is 2. The van der Waals surface area contributed by atoms with Crippen molar-refractivity contribution in [1.82, 2.24) is 0 Å². The summed E-state index contributed by atoms with van der Waals surface area (Å²) in [7, 11) is 1.66. The zero-order chi connectivity index (χ0) is 21.7. The molecule has 1 spiro atoms. The van der Waals surface area contributed by atoms with Crippen LogP contribution < -0.4 is 9.64 Å². The highest BCUT2D eigenvalue weighted by Crippen LogP contribution is 2.67. The van der Waals surface area contributed by atoms with Crippen molar-refractivity contribution >= 4 is 11.6 Å². The van der Waals surface area contributed by atoms with E-state index in [1.54, 1.807) is 7.11 Å². The number of aliphatic hydroxyl groups excluding tert-OH is 1. The Morgan fingerprint density at radius 3 is 2.26 bits per heavy atom. The molecule has 2 fully saturated rings. The van der Waals surface area contributed by atoms with Gasteiger partial charge < -0.3 is 19.5 Å². The first-order valence-electron chi connectivity index (χ1n) is 11.4. The van der Waals surface area contributed by atoms with Crippen LogP contribution in [-0.2, 0) is 4.74 Å². The lowest BCUT2D eigenvalue weighted by Crippen LogP contribution is -2.42. The Balaban J connectivity index is 1.68. The molecule has 0 radical (unpaired) electrons. The Labute approximate surface area is 184 Å². The summed E-state index contributed by atoms with van der Waals surface area (Å²) in [4.78, 5) is 7.44. The second-order valence-corrected chi connectivity index (χ2v) is 9.72. The number of rotatable bonds is 5. The smallest absolute Gasteiger partial charge is 0.216 e. The van der Waals surface area contributed by atoms with Gasteiger partial charge in [0, 0.05) is 5.69 Å². The van der Waals surface area contributed by atoms with Crippen LogP contribution in [0.25, 0.3) is 0 Å². The maximum absolute atomic E-state index is 12.0. The fraction of sp³-hybridized carbons (Fsp3) is 0.500. The first-order chi connectivity index (χ1) is 14.9. The lowest BCUT2D eigenvalue weighted by atomic mass is 9.75. The van der Waals surface area contributed by atoms with Crippen LogP contribution in [0.2, 0.25) is 0 Å². The quantitative estimate of drug-likeness (QED) is 0.699. The predicted octanol–water partition coefficient (Wildman–Crippen LogP) is 4.90. The van der Waals surface area contributed by atoms with Crippen molar-refractivity contribution in [2.45, 2.75) is 68.7 Å². The third kappa shape index (κ3) is 2.97. The van der Waals surface area contributed by atoms with Gasteiger partial charge in [0.25, 0.3) is 0 Å². The largest absolute Gasteiger partial charge is 0.497 e. The summed E-state index contributed by atoms with van der Waals surface area (Å²) < 4.78 is 11.6. The Hall–Kier alpha value is -2.53. The van der Waals surface area contributed by atoms with Gasteiger partial charge in [0.1, 0.15) is 18.5 Å². The Morgan fingerprint density at radius 2 is 1.68 bits per heavy atom. The van der Waals surface area contributed by atoms with E-state index >= 15 is 0 Å². The minimum absolute atomic E-state index is 0.189. The van der Waals surface area contributed by atoms with Crippen LogP contribution >= 0.6 is 0 Å². The third-order valence-corrected chi connectivity index (χ3v) is 7.25. The second kappa shape index (κ2) is 7.27. The first-order valence-corrected chi connectivity index (χ1v) is 11.4. The number of hydrogen-bond acceptors (Lipinski definition) is 5. The van der Waals surface area contributed by atoms with E-state index in [-0.39, 0.29) is 11.1 Å². The Kier molecular flexibility index (Phi) is 4.78. The number of hydrogen-bond donors (Lipinski definition) is 1. The normalized spacial score (nSPS) is 26.8. The molecule has 2 unspecified atom stereocenters. The first kappa shape index (κ1) is 20.4. The van der Waals surface area contributed by atoms with Gasteiger partial charge in [-0.25, -0.2) is 4.99 Å². The van der Waals surface area contributed by atoms with E-state index < -0.39 is 11.6 Å². The number of anilines is 1. The van der Waals surface area contributed by atoms with Crippen LogP contribution in [-0.4, -0.2) is 41.3 Å². The summed E-state index contributed by atoms with van der Waals surface area (Å²) in [5.74, 6) is 1.47. The van der Waals surface area contributed by atoms with Crippen LogP contribution in [0.1, 0.15) is 57.6 Å². The third-order valence-electron chi connectivity index (χ3n) is 7.25. The number of aliphatic imine (C=N–C) groups is 1. The molecule has 5 heteroatoms. The molecular formula is C26H32N2O3. The van der Waals surface area contributed by atoms with Crippen molar-refractivity contribution in [2.24, 2.45) is 4.99 Å². The van der Waals surface area contributed by atoms with Gasteiger partial charge in [-0.05, 0) is 56.5 Å². The van der Waals surface area contributed by atoms with Gasteiger partial charge in [0.2, 0.25) is 5.90 Å². The molecule has 2 aliphatic heterocycles. The molecule has 2 atom stereocenters. The molecule has 0 aromatic heterocycles. The van der Waals surface area contributed by atoms with E-state index in [1.807, 2.05) is 30.3 Å². The van der Waals surface area contributed by atoms with E-state index in [1.165, 1.54) is 6.42 Å². The highest BCUT2D eigenvalue weighted by molar-refractivity contribution is 6.02. The molecule has 5 rings (SSSR count). The minimum atomic E-state index is -0.760. The summed E-state index contributed by atoms with van der Waals surface area (Å²) in [6.45, 7) is 4.73. The van der Waals surface area contributed by atoms with Crippen molar-refractivity contribution < 1.29 is 14.6 Å². The number of para-hydroxylation sites is 1. The van der Waals surface area contributed by atoms with Crippen molar-refractivity contribution in [3.63, 3.8) is 0 Å². The van der Waals surface area contributed by atoms with E-state index in [2.05, 4.69) is 43.0 Å². The van der Waals surface area contributed by atoms with E-state index in [0.29, 0.717) is 12.5 Å². The van der Waals surface area contributed by atoms with Crippen LogP contribution in [0, 0.1) is 0 Å². The van der Waals surface area contributed by atoms with Crippen LogP contribution in [0.3, 0.4) is 0 Å². The minimum Gasteiger partial charge on any atom is -0.497 e. The average molecular weight is 421 g/mol. The van der Waals surface area contributed by atoms with Gasteiger partial charge in [-0.15, -0.1) is 0 Å². The molecule has 1 N–H and O–H groups in total. The molecule has 0 bridgehead atoms. The van der Waals surface area contributed by atoms with Crippen LogP contribution in [0.5, 0.6) is 5.75 Å². The molecule has 1 saturated heterocycles. The molecule has 164 valence electrons. The lowest BCUT2D eigenvalue weighted by molar-refractivity contribution is 0.130. The summed E-state index contributed by atoms with van der Waals surface area (Å²) in [5.41, 5.74) is 0.804. The van der Waals surface area contributed by atoms with Crippen LogP contribution in [0.4, 0.5) is 5.69 Å². The van der Waals surface area contributed by atoms with Crippen molar-refractivity contribution in [1.29, 1.82) is 0 Å². The fourth-order valence-corrected chi connectivity index (χ4v) is 5.84. The Bertz CT molecular complexity index is 964. The van der Waals surface area contributed by atoms with Gasteiger partial charge in [-0.1, -0.05) is 49.6 Å². The summed E-state index contributed by atoms with van der Waals surface area (Å²) >= 11 is 0. The molecule has 5 nitrogen and oxygen atoms in total. The van der Waals surface area contributed by atoms with Gasteiger partial charge in [0.15, 0.2) is 5.54 Å². The topological polar surface area (TPSA) is 54.1 Å². The lowest BCUT2D eigenvalue weighted by Gasteiger charge is -2.28. The van der Waals surface area contributed by atoms with Crippen LogP contribution in [0.15, 0.2) is 59.6 Å². The molecule has 0 amide bonds. The van der Waals surface area contributed by atoms with E-state index in [0.717, 1.165) is 42.7 Å². The zero-order valence-electron chi connectivity index (χ0n) is 18.7. The highest BCUT2D eigenvalue weighted by Gasteiger charge is 2.81. The van der Waals surface area contributed by atoms with Gasteiger partial charge >= 0.3 is 0 Å². The van der Waals surface area contributed by atoms with Crippen molar-refractivity contribution in [3.8, 4) is 5.75 Å². The standard InChI is InChI=1S/C26H32N2O3/c1-24(2)18-31-23(27-24)26(22(29)19-12-14-21(30-3)15-13-19)25(16-8-5-9-17-25)28(26)20-10-6-4-7-11-20/h4,6-7,10-15,22,29H,5,8-9,16-18H2,1-3H3. The zero-order valence-corrected chi connectivity index (χ0v) is 18.7. The summed E-state index contributed by atoms with van der Waals surface area (Å²) in [5, 5.41) is 12.0. The number of ether oxygens (including phenoxy) is 2. The maximum atomic E-state index is 12.0. The maximum Gasteiger partial charge on any atom is 0.216 e. The number of nitrogens with zero attached hydrogens (tertiary/aromatic N) is 2. The number of aliphatic hydroxyl groups is 1. The Morgan fingerprint density at radius 1 is 1.00 bits per heavy atom. The highest BCUT2D eigenvalue weighted by atomic mass is 16.5. The van der Waals surface area contributed by atoms with Gasteiger partial charge in [-0.3, -0.25) is 0 Å². The molecular weight excluding hydrogens is 388 g/mol. The number of methoxy groups -OCH3 is 1. The summed E-state index contributed by atoms with van der Waals surface area (Å²) in [6, 6.07) is 18.2. The van der Waals surface area contributed by atoms with Crippen molar-refractivity contribution in [3.05, 3.63) is 60.2 Å². The average Bonchev–Trinajstić information content (AvgIpc) is 3.18. The second-order valence-electron chi connectivity index (χ2n) is 9.72. The molecule has 2 aromatic carbocycles. The predicted molar refractivity (Wildman–Crippen MR) is 123 cm³/mol.